The van der Waals surface area contributed by atoms with Gasteiger partial charge in [0.2, 0.25) is 11.8 Å². The first-order valence-electron chi connectivity index (χ1n) is 6.00. The second-order valence-corrected chi connectivity index (χ2v) is 6.96. The lowest BCUT2D eigenvalue weighted by atomic mass is 10.2. The predicted molar refractivity (Wildman–Crippen MR) is 83.0 cm³/mol. The number of aryl methyl sites for hydroxylation is 2. The van der Waals surface area contributed by atoms with Crippen molar-refractivity contribution in [3.05, 3.63) is 40.0 Å². The van der Waals surface area contributed by atoms with Crippen molar-refractivity contribution < 1.29 is 13.2 Å². The molecule has 0 aliphatic carbocycles. The van der Waals surface area contributed by atoms with Crippen LogP contribution in [0.1, 0.15) is 11.3 Å². The van der Waals surface area contributed by atoms with Crippen LogP contribution in [0.15, 0.2) is 33.6 Å². The summed E-state index contributed by atoms with van der Waals surface area (Å²) in [5.41, 5.74) is 1.23. The van der Waals surface area contributed by atoms with Crippen molar-refractivity contribution in [2.45, 2.75) is 18.7 Å². The molecule has 0 atom stereocenters. The number of aromatic nitrogens is 2. The number of rotatable bonds is 4. The van der Waals surface area contributed by atoms with Crippen molar-refractivity contribution in [1.29, 1.82) is 0 Å². The van der Waals surface area contributed by atoms with E-state index in [4.69, 9.17) is 4.74 Å². The Bertz CT molecular complexity index is 778. The third-order valence-corrected chi connectivity index (χ3v) is 4.67. The quantitative estimate of drug-likeness (QED) is 0.893. The summed E-state index contributed by atoms with van der Waals surface area (Å²) >= 11 is 3.27. The molecule has 0 saturated carbocycles. The maximum Gasteiger partial charge on any atom is 0.264 e. The molecular weight excluding hydrogens is 358 g/mol. The number of anilines is 1. The number of sulfonamides is 1. The monoisotopic (exact) mass is 371 g/mol. The lowest BCUT2D eigenvalue weighted by molar-refractivity contribution is 0.397. The largest absolute Gasteiger partial charge is 0.481 e. The van der Waals surface area contributed by atoms with Gasteiger partial charge < -0.3 is 4.74 Å². The maximum absolute atomic E-state index is 12.4. The van der Waals surface area contributed by atoms with Crippen LogP contribution >= 0.6 is 15.9 Å². The normalized spacial score (nSPS) is 11.2. The molecule has 1 heterocycles. The maximum atomic E-state index is 12.4. The zero-order valence-corrected chi connectivity index (χ0v) is 14.1. The van der Waals surface area contributed by atoms with E-state index in [1.54, 1.807) is 32.0 Å². The third kappa shape index (κ3) is 3.70. The fraction of sp³-hybridized carbons (Fsp3) is 0.231. The minimum absolute atomic E-state index is 0.0220. The molecule has 0 fully saturated rings. The van der Waals surface area contributed by atoms with Crippen molar-refractivity contribution in [1.82, 2.24) is 9.97 Å². The van der Waals surface area contributed by atoms with Gasteiger partial charge in [0.05, 0.1) is 12.0 Å². The van der Waals surface area contributed by atoms with Crippen molar-refractivity contribution >= 4 is 31.9 Å². The van der Waals surface area contributed by atoms with Gasteiger partial charge in [-0.2, -0.15) is 4.98 Å². The molecule has 8 heteroatoms. The van der Waals surface area contributed by atoms with Gasteiger partial charge in [0.25, 0.3) is 10.0 Å². The van der Waals surface area contributed by atoms with Gasteiger partial charge in [0.1, 0.15) is 0 Å². The molecule has 112 valence electrons. The molecule has 21 heavy (non-hydrogen) atoms. The molecule has 1 N–H and O–H groups in total. The first-order valence-corrected chi connectivity index (χ1v) is 8.28. The highest BCUT2D eigenvalue weighted by atomic mass is 79.9. The molecule has 0 radical (unpaired) electrons. The molecule has 1 aromatic heterocycles. The zero-order valence-electron chi connectivity index (χ0n) is 11.7. The summed E-state index contributed by atoms with van der Waals surface area (Å²) in [4.78, 5) is 8.20. The van der Waals surface area contributed by atoms with Gasteiger partial charge >= 0.3 is 0 Å². The first kappa shape index (κ1) is 15.7. The van der Waals surface area contributed by atoms with Crippen LogP contribution in [0.5, 0.6) is 5.88 Å². The Labute approximate surface area is 131 Å². The minimum atomic E-state index is -3.77. The molecule has 0 unspecified atom stereocenters. The molecular formula is C13H14BrN3O3S. The van der Waals surface area contributed by atoms with Crippen LogP contribution in [0.25, 0.3) is 0 Å². The van der Waals surface area contributed by atoms with E-state index < -0.39 is 10.0 Å². The Kier molecular flexibility index (Phi) is 4.48. The number of ether oxygens (including phenoxy) is 1. The molecule has 6 nitrogen and oxygen atoms in total. The fourth-order valence-corrected chi connectivity index (χ4v) is 3.46. The number of nitrogens with one attached hydrogen (secondary N) is 1. The molecule has 0 aliphatic heterocycles. The Balaban J connectivity index is 2.42. The standard InChI is InChI=1S/C13H14BrN3O3S/c1-8-4-5-10(14)7-11(8)21(18,19)17-13-15-9(2)6-12(16-13)20-3/h4-7H,1-3H3,(H,15,16,17). The van der Waals surface area contributed by atoms with Crippen LogP contribution < -0.4 is 9.46 Å². The highest BCUT2D eigenvalue weighted by Gasteiger charge is 2.19. The van der Waals surface area contributed by atoms with Gasteiger partial charge in [-0.15, -0.1) is 0 Å². The molecule has 1 aromatic carbocycles. The van der Waals surface area contributed by atoms with Crippen molar-refractivity contribution in [2.75, 3.05) is 11.8 Å². The molecule has 2 aromatic rings. The fourth-order valence-electron chi connectivity index (χ4n) is 1.73. The van der Waals surface area contributed by atoms with Crippen molar-refractivity contribution in [3.63, 3.8) is 0 Å². The van der Waals surface area contributed by atoms with E-state index >= 15 is 0 Å². The van der Waals surface area contributed by atoms with E-state index in [-0.39, 0.29) is 10.8 Å². The molecule has 0 saturated heterocycles. The Morgan fingerprint density at radius 3 is 2.57 bits per heavy atom. The Hall–Kier alpha value is -1.67. The Morgan fingerprint density at radius 1 is 1.19 bits per heavy atom. The van der Waals surface area contributed by atoms with Crippen LogP contribution in [0.3, 0.4) is 0 Å². The third-order valence-electron chi connectivity index (χ3n) is 2.71. The minimum Gasteiger partial charge on any atom is -0.481 e. The predicted octanol–water partition coefficient (Wildman–Crippen LogP) is 2.67. The lowest BCUT2D eigenvalue weighted by Gasteiger charge is -2.10. The van der Waals surface area contributed by atoms with Gasteiger partial charge in [-0.05, 0) is 31.5 Å². The number of nitrogens with zero attached hydrogens (tertiary/aromatic N) is 2. The molecule has 0 aliphatic rings. The number of hydrogen-bond acceptors (Lipinski definition) is 5. The van der Waals surface area contributed by atoms with Crippen LogP contribution in [0.4, 0.5) is 5.95 Å². The van der Waals surface area contributed by atoms with Crippen LogP contribution in [0.2, 0.25) is 0 Å². The number of benzene rings is 1. The molecule has 2 rings (SSSR count). The van der Waals surface area contributed by atoms with E-state index in [2.05, 4.69) is 30.6 Å². The molecule has 0 amide bonds. The summed E-state index contributed by atoms with van der Waals surface area (Å²) in [6.07, 6.45) is 0. The second kappa shape index (κ2) is 5.98. The lowest BCUT2D eigenvalue weighted by Crippen LogP contribution is -2.16. The average molecular weight is 372 g/mol. The van der Waals surface area contributed by atoms with Gasteiger partial charge in [-0.1, -0.05) is 22.0 Å². The second-order valence-electron chi connectivity index (χ2n) is 4.39. The SMILES string of the molecule is COc1cc(C)nc(NS(=O)(=O)c2cc(Br)ccc2C)n1. The first-order chi connectivity index (χ1) is 9.81. The number of halogens is 1. The van der Waals surface area contributed by atoms with E-state index in [0.29, 0.717) is 21.6 Å². The smallest absolute Gasteiger partial charge is 0.264 e. The number of hydrogen-bond donors (Lipinski definition) is 1. The summed E-state index contributed by atoms with van der Waals surface area (Å²) in [5.74, 6) is 0.275. The van der Waals surface area contributed by atoms with E-state index in [1.165, 1.54) is 13.2 Å². The molecule has 0 bridgehead atoms. The molecule has 0 spiro atoms. The van der Waals surface area contributed by atoms with Crippen molar-refractivity contribution in [3.8, 4) is 5.88 Å². The summed E-state index contributed by atoms with van der Waals surface area (Å²) in [5, 5.41) is 0. The average Bonchev–Trinajstić information content (AvgIpc) is 2.40. The van der Waals surface area contributed by atoms with Gasteiger partial charge in [0, 0.05) is 16.2 Å². The summed E-state index contributed by atoms with van der Waals surface area (Å²) in [6, 6.07) is 6.64. The van der Waals surface area contributed by atoms with Gasteiger partial charge in [0.15, 0.2) is 0 Å². The van der Waals surface area contributed by atoms with Crippen LogP contribution in [-0.2, 0) is 10.0 Å². The summed E-state index contributed by atoms with van der Waals surface area (Å²) < 4.78 is 32.9. The van der Waals surface area contributed by atoms with Crippen LogP contribution in [-0.4, -0.2) is 25.5 Å². The van der Waals surface area contributed by atoms with E-state index in [9.17, 15) is 8.42 Å². The van der Waals surface area contributed by atoms with E-state index in [0.717, 1.165) is 0 Å². The highest BCUT2D eigenvalue weighted by molar-refractivity contribution is 9.10. The highest BCUT2D eigenvalue weighted by Crippen LogP contribution is 2.22. The van der Waals surface area contributed by atoms with Gasteiger partial charge in [-0.25, -0.2) is 18.1 Å². The Morgan fingerprint density at radius 2 is 1.90 bits per heavy atom. The topological polar surface area (TPSA) is 81.2 Å². The van der Waals surface area contributed by atoms with Crippen molar-refractivity contribution in [2.24, 2.45) is 0 Å². The van der Waals surface area contributed by atoms with Gasteiger partial charge in [-0.3, -0.25) is 0 Å². The van der Waals surface area contributed by atoms with Crippen LogP contribution in [0, 0.1) is 13.8 Å². The zero-order chi connectivity index (χ0) is 15.6. The summed E-state index contributed by atoms with van der Waals surface area (Å²) in [7, 11) is -2.31. The van der Waals surface area contributed by atoms with E-state index in [1.807, 2.05) is 0 Å². The summed E-state index contributed by atoms with van der Waals surface area (Å²) in [6.45, 7) is 3.45. The number of methoxy groups -OCH3 is 1.